The molecule has 2 unspecified atom stereocenters. The van der Waals surface area contributed by atoms with Gasteiger partial charge in [0.25, 0.3) is 0 Å². The van der Waals surface area contributed by atoms with Crippen molar-refractivity contribution in [2.24, 2.45) is 5.73 Å². The van der Waals surface area contributed by atoms with Crippen LogP contribution in [0.5, 0.6) is 5.75 Å². The molecule has 0 spiro atoms. The molecule has 0 bridgehead atoms. The summed E-state index contributed by atoms with van der Waals surface area (Å²) in [5.41, 5.74) is 6.38. The van der Waals surface area contributed by atoms with Crippen LogP contribution in [0.4, 0.5) is 0 Å². The van der Waals surface area contributed by atoms with Gasteiger partial charge in [0, 0.05) is 19.6 Å². The zero-order chi connectivity index (χ0) is 14.5. The van der Waals surface area contributed by atoms with Gasteiger partial charge in [-0.1, -0.05) is 24.4 Å². The van der Waals surface area contributed by atoms with Gasteiger partial charge in [-0.2, -0.15) is 0 Å². The highest BCUT2D eigenvalue weighted by Gasteiger charge is 2.28. The van der Waals surface area contributed by atoms with Gasteiger partial charge in [-0.3, -0.25) is 4.90 Å². The molecule has 110 valence electrons. The van der Waals surface area contributed by atoms with E-state index in [1.165, 1.54) is 0 Å². The number of nitrogens with two attached hydrogens (primary N) is 1. The smallest absolute Gasteiger partial charge is 0.129 e. The molecule has 1 saturated heterocycles. The van der Waals surface area contributed by atoms with Crippen LogP contribution in [0.2, 0.25) is 0 Å². The average molecular weight is 296 g/mol. The largest absolute Gasteiger partial charge is 0.493 e. The van der Waals surface area contributed by atoms with Gasteiger partial charge < -0.3 is 20.7 Å². The lowest BCUT2D eigenvalue weighted by atomic mass is 10.2. The van der Waals surface area contributed by atoms with Crippen molar-refractivity contribution in [3.63, 3.8) is 0 Å². The van der Waals surface area contributed by atoms with Gasteiger partial charge in [0.2, 0.25) is 0 Å². The highest BCUT2D eigenvalue weighted by Crippen LogP contribution is 2.18. The standard InChI is InChI=1S/C14H20N2O3S/c15-14(20)10-4-1-2-5-13(10)19-7-3-6-16-8-11(17)12(18)9-16/h1-2,4-5,11-12,17-18H,3,6-9H2,(H2,15,20). The molecule has 2 atom stereocenters. The topological polar surface area (TPSA) is 79.0 Å². The van der Waals surface area contributed by atoms with Gasteiger partial charge in [0.05, 0.1) is 24.4 Å². The van der Waals surface area contributed by atoms with Gasteiger partial charge in [-0.15, -0.1) is 0 Å². The lowest BCUT2D eigenvalue weighted by Gasteiger charge is -2.15. The number of nitrogens with zero attached hydrogens (tertiary/aromatic N) is 1. The minimum absolute atomic E-state index is 0.325. The minimum Gasteiger partial charge on any atom is -0.493 e. The molecule has 2 rings (SSSR count). The fourth-order valence-electron chi connectivity index (χ4n) is 2.30. The first kappa shape index (κ1) is 15.2. The van der Waals surface area contributed by atoms with E-state index >= 15 is 0 Å². The molecule has 1 aromatic rings. The molecule has 4 N–H and O–H groups in total. The molecule has 1 aliphatic heterocycles. The van der Waals surface area contributed by atoms with E-state index in [1.807, 2.05) is 29.2 Å². The molecule has 0 saturated carbocycles. The van der Waals surface area contributed by atoms with Crippen LogP contribution in [-0.4, -0.2) is 58.6 Å². The Kier molecular flexibility index (Phi) is 5.31. The predicted molar refractivity (Wildman–Crippen MR) is 80.9 cm³/mol. The maximum Gasteiger partial charge on any atom is 0.129 e. The van der Waals surface area contributed by atoms with Crippen LogP contribution in [-0.2, 0) is 0 Å². The number of β-amino-alcohol motifs (C(OH)–C–C–N with tert-alkyl or cyclic N) is 2. The van der Waals surface area contributed by atoms with Gasteiger partial charge in [-0.05, 0) is 18.6 Å². The van der Waals surface area contributed by atoms with Crippen molar-refractivity contribution >= 4 is 17.2 Å². The highest BCUT2D eigenvalue weighted by atomic mass is 32.1. The first-order valence-corrected chi connectivity index (χ1v) is 7.09. The lowest BCUT2D eigenvalue weighted by Crippen LogP contribution is -2.24. The second-order valence-electron chi connectivity index (χ2n) is 4.96. The van der Waals surface area contributed by atoms with Crippen molar-refractivity contribution in [1.29, 1.82) is 0 Å². The molecule has 0 aromatic heterocycles. The van der Waals surface area contributed by atoms with E-state index in [2.05, 4.69) is 0 Å². The molecule has 1 aromatic carbocycles. The summed E-state index contributed by atoms with van der Waals surface area (Å²) in [7, 11) is 0. The maximum atomic E-state index is 9.45. The Hall–Kier alpha value is -1.21. The summed E-state index contributed by atoms with van der Waals surface area (Å²) in [4.78, 5) is 2.35. The van der Waals surface area contributed by atoms with Gasteiger partial charge in [0.15, 0.2) is 0 Å². The number of rotatable bonds is 6. The number of aliphatic hydroxyl groups is 2. The first-order chi connectivity index (χ1) is 9.58. The number of aliphatic hydroxyl groups excluding tert-OH is 2. The zero-order valence-corrected chi connectivity index (χ0v) is 12.1. The molecule has 1 fully saturated rings. The van der Waals surface area contributed by atoms with Crippen LogP contribution in [0.15, 0.2) is 24.3 Å². The van der Waals surface area contributed by atoms with Crippen LogP contribution >= 0.6 is 12.2 Å². The molecule has 1 heterocycles. The number of hydrogen-bond acceptors (Lipinski definition) is 5. The molecular weight excluding hydrogens is 276 g/mol. The van der Waals surface area contributed by atoms with Crippen LogP contribution in [0, 0.1) is 0 Å². The van der Waals surface area contributed by atoms with E-state index in [0.29, 0.717) is 30.4 Å². The summed E-state index contributed by atoms with van der Waals surface area (Å²) in [6, 6.07) is 7.43. The molecule has 6 heteroatoms. The number of benzene rings is 1. The number of ether oxygens (including phenoxy) is 1. The minimum atomic E-state index is -0.633. The quantitative estimate of drug-likeness (QED) is 0.511. The zero-order valence-electron chi connectivity index (χ0n) is 11.2. The molecule has 0 amide bonds. The fourth-order valence-corrected chi connectivity index (χ4v) is 2.46. The van der Waals surface area contributed by atoms with Crippen molar-refractivity contribution in [3.05, 3.63) is 29.8 Å². The van der Waals surface area contributed by atoms with Crippen LogP contribution in [0.25, 0.3) is 0 Å². The molecular formula is C14H20N2O3S. The number of thiocarbonyl (C=S) groups is 1. The fraction of sp³-hybridized carbons (Fsp3) is 0.500. The molecule has 0 aliphatic carbocycles. The third-order valence-electron chi connectivity index (χ3n) is 3.36. The van der Waals surface area contributed by atoms with E-state index in [4.69, 9.17) is 22.7 Å². The normalized spacial score (nSPS) is 22.9. The summed E-state index contributed by atoms with van der Waals surface area (Å²) in [6.45, 7) is 2.36. The van der Waals surface area contributed by atoms with Gasteiger partial charge in [0.1, 0.15) is 10.7 Å². The van der Waals surface area contributed by atoms with E-state index in [-0.39, 0.29) is 0 Å². The van der Waals surface area contributed by atoms with E-state index in [0.717, 1.165) is 18.5 Å². The van der Waals surface area contributed by atoms with E-state index in [9.17, 15) is 10.2 Å². The summed E-state index contributed by atoms with van der Waals surface area (Å²) in [5.74, 6) is 0.696. The van der Waals surface area contributed by atoms with Crippen molar-refractivity contribution in [2.75, 3.05) is 26.2 Å². The Morgan fingerprint density at radius 2 is 1.95 bits per heavy atom. The van der Waals surface area contributed by atoms with E-state index in [1.54, 1.807) is 0 Å². The second-order valence-corrected chi connectivity index (χ2v) is 5.40. The third-order valence-corrected chi connectivity index (χ3v) is 3.58. The number of likely N-dealkylation sites (tertiary alicyclic amines) is 1. The summed E-state index contributed by atoms with van der Waals surface area (Å²) in [5, 5.41) is 18.9. The van der Waals surface area contributed by atoms with Crippen molar-refractivity contribution in [1.82, 2.24) is 4.90 Å². The Bertz CT molecular complexity index is 459. The Morgan fingerprint density at radius 3 is 2.60 bits per heavy atom. The lowest BCUT2D eigenvalue weighted by molar-refractivity contribution is 0.0572. The maximum absolute atomic E-state index is 9.45. The van der Waals surface area contributed by atoms with Crippen molar-refractivity contribution in [3.8, 4) is 5.75 Å². The van der Waals surface area contributed by atoms with Crippen LogP contribution in [0.3, 0.4) is 0 Å². The molecule has 20 heavy (non-hydrogen) atoms. The average Bonchev–Trinajstić information content (AvgIpc) is 2.74. The number of para-hydroxylation sites is 1. The van der Waals surface area contributed by atoms with Gasteiger partial charge >= 0.3 is 0 Å². The Morgan fingerprint density at radius 1 is 1.30 bits per heavy atom. The second kappa shape index (κ2) is 6.99. The summed E-state index contributed by atoms with van der Waals surface area (Å²) >= 11 is 4.98. The molecule has 5 nitrogen and oxygen atoms in total. The SMILES string of the molecule is NC(=S)c1ccccc1OCCCN1CC(O)C(O)C1. The highest BCUT2D eigenvalue weighted by molar-refractivity contribution is 7.80. The van der Waals surface area contributed by atoms with Crippen LogP contribution < -0.4 is 10.5 Å². The first-order valence-electron chi connectivity index (χ1n) is 6.68. The van der Waals surface area contributed by atoms with Crippen molar-refractivity contribution in [2.45, 2.75) is 18.6 Å². The van der Waals surface area contributed by atoms with Gasteiger partial charge in [-0.25, -0.2) is 0 Å². The molecule has 0 radical (unpaired) electrons. The summed E-state index contributed by atoms with van der Waals surface area (Å²) in [6.07, 6.45) is -0.456. The third kappa shape index (κ3) is 3.89. The van der Waals surface area contributed by atoms with E-state index < -0.39 is 12.2 Å². The van der Waals surface area contributed by atoms with Crippen LogP contribution in [0.1, 0.15) is 12.0 Å². The Labute approximate surface area is 124 Å². The monoisotopic (exact) mass is 296 g/mol. The summed E-state index contributed by atoms with van der Waals surface area (Å²) < 4.78 is 5.69. The Balaban J connectivity index is 1.75. The predicted octanol–water partition coefficient (Wildman–Crippen LogP) is 0.127. The molecule has 1 aliphatic rings. The number of hydrogen-bond donors (Lipinski definition) is 3. The van der Waals surface area contributed by atoms with Crippen molar-refractivity contribution < 1.29 is 14.9 Å².